The zero-order valence-electron chi connectivity index (χ0n) is 15.2. The Bertz CT molecular complexity index is 747. The highest BCUT2D eigenvalue weighted by Crippen LogP contribution is 2.17. The number of hydrogen-bond donors (Lipinski definition) is 3. The van der Waals surface area contributed by atoms with Crippen molar-refractivity contribution in [3.8, 4) is 5.75 Å². The van der Waals surface area contributed by atoms with E-state index >= 15 is 0 Å². The molecule has 0 atom stereocenters. The Hall–Kier alpha value is -2.86. The highest BCUT2D eigenvalue weighted by Gasteiger charge is 2.04. The van der Waals surface area contributed by atoms with E-state index in [0.29, 0.717) is 24.3 Å². The topological polar surface area (TPSA) is 79.5 Å². The number of nitrogens with one attached hydrogen (secondary N) is 3. The van der Waals surface area contributed by atoms with Crippen LogP contribution in [0.15, 0.2) is 48.5 Å². The minimum absolute atomic E-state index is 0.0743. The lowest BCUT2D eigenvalue weighted by Gasteiger charge is -2.10. The zero-order chi connectivity index (χ0) is 18.8. The van der Waals surface area contributed by atoms with Crippen LogP contribution < -0.4 is 20.7 Å². The van der Waals surface area contributed by atoms with Gasteiger partial charge >= 0.3 is 0 Å². The van der Waals surface area contributed by atoms with Crippen LogP contribution in [0.4, 0.5) is 11.4 Å². The Morgan fingerprint density at radius 2 is 1.69 bits per heavy atom. The molecule has 0 aliphatic rings. The molecule has 0 aliphatic heterocycles. The van der Waals surface area contributed by atoms with Gasteiger partial charge in [0.25, 0.3) is 0 Å². The average molecular weight is 355 g/mol. The van der Waals surface area contributed by atoms with E-state index in [2.05, 4.69) is 16.0 Å². The molecule has 2 aromatic carbocycles. The van der Waals surface area contributed by atoms with E-state index in [0.717, 1.165) is 24.3 Å². The van der Waals surface area contributed by atoms with Crippen LogP contribution in [0.3, 0.4) is 0 Å². The van der Waals surface area contributed by atoms with E-state index in [1.165, 1.54) is 6.92 Å². The summed E-state index contributed by atoms with van der Waals surface area (Å²) in [5.41, 5.74) is 2.46. The van der Waals surface area contributed by atoms with Gasteiger partial charge in [-0.2, -0.15) is 0 Å². The lowest BCUT2D eigenvalue weighted by molar-refractivity contribution is -0.116. The predicted molar refractivity (Wildman–Crippen MR) is 104 cm³/mol. The average Bonchev–Trinajstić information content (AvgIpc) is 2.61. The Labute approximate surface area is 153 Å². The van der Waals surface area contributed by atoms with E-state index < -0.39 is 0 Å². The van der Waals surface area contributed by atoms with Crippen LogP contribution in [0.2, 0.25) is 0 Å². The van der Waals surface area contributed by atoms with Gasteiger partial charge in [0.05, 0.1) is 7.11 Å². The minimum atomic E-state index is -0.146. The summed E-state index contributed by atoms with van der Waals surface area (Å²) >= 11 is 0. The molecule has 0 aliphatic carbocycles. The van der Waals surface area contributed by atoms with Gasteiger partial charge in [0, 0.05) is 31.3 Å². The molecule has 0 radical (unpaired) electrons. The molecular weight excluding hydrogens is 330 g/mol. The number of amides is 2. The fourth-order valence-corrected chi connectivity index (χ4v) is 2.56. The van der Waals surface area contributed by atoms with Gasteiger partial charge in [-0.3, -0.25) is 9.59 Å². The van der Waals surface area contributed by atoms with E-state index in [4.69, 9.17) is 4.74 Å². The van der Waals surface area contributed by atoms with Crippen molar-refractivity contribution in [1.29, 1.82) is 0 Å². The summed E-state index contributed by atoms with van der Waals surface area (Å²) in [7, 11) is 1.66. The van der Waals surface area contributed by atoms with Crippen LogP contribution in [-0.2, 0) is 16.0 Å². The fraction of sp³-hybridized carbons (Fsp3) is 0.300. The molecule has 0 fully saturated rings. The van der Waals surface area contributed by atoms with Crippen LogP contribution in [0.1, 0.15) is 18.9 Å². The summed E-state index contributed by atoms with van der Waals surface area (Å²) in [5, 5.41) is 8.79. The van der Waals surface area contributed by atoms with Gasteiger partial charge in [0.1, 0.15) is 5.75 Å². The molecule has 0 aromatic heterocycles. The Balaban J connectivity index is 1.70. The summed E-state index contributed by atoms with van der Waals surface area (Å²) in [6, 6.07) is 15.0. The zero-order valence-corrected chi connectivity index (χ0v) is 15.2. The molecule has 3 N–H and O–H groups in total. The number of ether oxygens (including phenoxy) is 1. The second-order valence-electron chi connectivity index (χ2n) is 5.87. The van der Waals surface area contributed by atoms with E-state index in [1.54, 1.807) is 31.4 Å². The minimum Gasteiger partial charge on any atom is -0.496 e. The summed E-state index contributed by atoms with van der Waals surface area (Å²) in [6.45, 7) is 2.81. The Morgan fingerprint density at radius 1 is 0.962 bits per heavy atom. The number of benzene rings is 2. The first kappa shape index (κ1) is 19.5. The van der Waals surface area contributed by atoms with Crippen molar-refractivity contribution in [3.63, 3.8) is 0 Å². The summed E-state index contributed by atoms with van der Waals surface area (Å²) in [4.78, 5) is 23.1. The molecule has 0 saturated carbocycles. The maximum absolute atomic E-state index is 12.0. The third-order valence-electron chi connectivity index (χ3n) is 3.76. The van der Waals surface area contributed by atoms with Crippen LogP contribution in [0, 0.1) is 0 Å². The first-order chi connectivity index (χ1) is 12.6. The van der Waals surface area contributed by atoms with Gasteiger partial charge in [-0.15, -0.1) is 0 Å². The molecule has 0 heterocycles. The van der Waals surface area contributed by atoms with Gasteiger partial charge < -0.3 is 20.7 Å². The third kappa shape index (κ3) is 6.57. The second-order valence-corrected chi connectivity index (χ2v) is 5.87. The molecule has 2 aromatic rings. The first-order valence-corrected chi connectivity index (χ1v) is 8.58. The van der Waals surface area contributed by atoms with Crippen molar-refractivity contribution in [3.05, 3.63) is 54.1 Å². The highest BCUT2D eigenvalue weighted by atomic mass is 16.5. The smallest absolute Gasteiger partial charge is 0.225 e. The molecule has 2 amide bonds. The van der Waals surface area contributed by atoms with Crippen molar-refractivity contribution in [1.82, 2.24) is 5.32 Å². The highest BCUT2D eigenvalue weighted by molar-refractivity contribution is 5.93. The lowest BCUT2D eigenvalue weighted by atomic mass is 10.1. The van der Waals surface area contributed by atoms with Crippen molar-refractivity contribution < 1.29 is 14.3 Å². The molecule has 0 unspecified atom stereocenters. The van der Waals surface area contributed by atoms with Crippen molar-refractivity contribution in [2.24, 2.45) is 0 Å². The SMILES string of the molecule is COc1ccccc1CCNCCC(=O)Nc1cccc(NC(C)=O)c1. The number of carbonyl (C=O) groups is 2. The third-order valence-corrected chi connectivity index (χ3v) is 3.76. The van der Waals surface area contributed by atoms with Gasteiger partial charge in [-0.1, -0.05) is 24.3 Å². The van der Waals surface area contributed by atoms with Crippen LogP contribution >= 0.6 is 0 Å². The van der Waals surface area contributed by atoms with E-state index in [9.17, 15) is 9.59 Å². The molecule has 0 spiro atoms. The monoisotopic (exact) mass is 355 g/mol. The molecule has 6 heteroatoms. The molecule has 0 bridgehead atoms. The molecule has 6 nitrogen and oxygen atoms in total. The molecular formula is C20H25N3O3. The molecule has 0 saturated heterocycles. The van der Waals surface area contributed by atoms with Crippen molar-refractivity contribution in [2.75, 3.05) is 30.8 Å². The van der Waals surface area contributed by atoms with Crippen LogP contribution in [0.25, 0.3) is 0 Å². The lowest BCUT2D eigenvalue weighted by Crippen LogP contribution is -2.23. The van der Waals surface area contributed by atoms with Crippen molar-refractivity contribution >= 4 is 23.2 Å². The summed E-state index contributed by atoms with van der Waals surface area (Å²) in [5.74, 6) is 0.661. The van der Waals surface area contributed by atoms with E-state index in [1.807, 2.05) is 24.3 Å². The molecule has 138 valence electrons. The second kappa shape index (κ2) is 10.2. The number of anilines is 2. The quantitative estimate of drug-likeness (QED) is 0.604. The maximum atomic E-state index is 12.0. The number of hydrogen-bond acceptors (Lipinski definition) is 4. The van der Waals surface area contributed by atoms with Gasteiger partial charge in [0.15, 0.2) is 0 Å². The van der Waals surface area contributed by atoms with Crippen LogP contribution in [-0.4, -0.2) is 32.0 Å². The Kier molecular flexibility index (Phi) is 7.64. The molecule has 26 heavy (non-hydrogen) atoms. The number of para-hydroxylation sites is 1. The standard InChI is InChI=1S/C20H25N3O3/c1-15(24)22-17-7-5-8-18(14-17)23-20(25)11-13-21-12-10-16-6-3-4-9-19(16)26-2/h3-9,14,21H,10-13H2,1-2H3,(H,22,24)(H,23,25). The van der Waals surface area contributed by atoms with Crippen molar-refractivity contribution in [2.45, 2.75) is 19.8 Å². The van der Waals surface area contributed by atoms with Gasteiger partial charge in [0.2, 0.25) is 11.8 Å². The number of methoxy groups -OCH3 is 1. The number of rotatable bonds is 9. The molecule has 2 rings (SSSR count). The largest absolute Gasteiger partial charge is 0.496 e. The Morgan fingerprint density at radius 3 is 2.42 bits per heavy atom. The van der Waals surface area contributed by atoms with E-state index in [-0.39, 0.29) is 11.8 Å². The van der Waals surface area contributed by atoms with Crippen LogP contribution in [0.5, 0.6) is 5.75 Å². The fourth-order valence-electron chi connectivity index (χ4n) is 2.56. The predicted octanol–water partition coefficient (Wildman–Crippen LogP) is 2.81. The van der Waals surface area contributed by atoms with Gasteiger partial charge in [-0.05, 0) is 42.8 Å². The summed E-state index contributed by atoms with van der Waals surface area (Å²) < 4.78 is 5.32. The normalized spacial score (nSPS) is 10.2. The first-order valence-electron chi connectivity index (χ1n) is 8.58. The maximum Gasteiger partial charge on any atom is 0.225 e. The number of carbonyl (C=O) groups excluding carboxylic acids is 2. The van der Waals surface area contributed by atoms with Gasteiger partial charge in [-0.25, -0.2) is 0 Å². The summed E-state index contributed by atoms with van der Waals surface area (Å²) in [6.07, 6.45) is 1.21.